The molecular formula is C103H127N21O9. The number of amides is 5. The minimum absolute atomic E-state index is 0. The van der Waals surface area contributed by atoms with E-state index in [0.717, 1.165) is 78.8 Å². The molecule has 0 saturated carbocycles. The number of hydrogen-bond donors (Lipinski definition) is 4. The number of hydrogen-bond acceptors (Lipinski definition) is 20. The largest absolute Gasteiger partial charge is 0.471 e. The van der Waals surface area contributed by atoms with Gasteiger partial charge in [-0.3, -0.25) is 38.6 Å². The molecule has 0 fully saturated rings. The van der Waals surface area contributed by atoms with Crippen molar-refractivity contribution in [2.75, 3.05) is 5.32 Å². The van der Waals surface area contributed by atoms with E-state index in [1.807, 2.05) is 230 Å². The van der Waals surface area contributed by atoms with Gasteiger partial charge >= 0.3 is 29.4 Å². The zero-order valence-corrected chi connectivity index (χ0v) is 78.0. The molecule has 30 heteroatoms. The molecule has 7 aromatic heterocycles. The Bertz CT molecular complexity index is 6270. The van der Waals surface area contributed by atoms with E-state index in [2.05, 4.69) is 132 Å². The lowest BCUT2D eigenvalue weighted by molar-refractivity contribution is -0.143. The van der Waals surface area contributed by atoms with Crippen LogP contribution in [-0.4, -0.2) is 126 Å². The second-order valence-corrected chi connectivity index (χ2v) is 33.8. The van der Waals surface area contributed by atoms with Crippen LogP contribution >= 0.6 is 0 Å². The van der Waals surface area contributed by atoms with Crippen LogP contribution in [-0.2, 0) is 48.9 Å². The Morgan fingerprint density at radius 3 is 1.63 bits per heavy atom. The quantitative estimate of drug-likeness (QED) is 0.0278. The van der Waals surface area contributed by atoms with Gasteiger partial charge in [-0.05, 0) is 187 Å². The molecule has 5 amide bonds. The molecule has 10 heterocycles. The zero-order chi connectivity index (χ0) is 95.5. The fraction of sp³-hybridized carbons (Fsp3) is 0.311. The van der Waals surface area contributed by atoms with Crippen LogP contribution in [0, 0.1) is 12.3 Å². The number of anilines is 1. The van der Waals surface area contributed by atoms with Crippen molar-refractivity contribution >= 4 is 87.0 Å². The van der Waals surface area contributed by atoms with Gasteiger partial charge in [0, 0.05) is 97.9 Å². The molecule has 15 rings (SSSR count). The number of aromatic nitrogens is 14. The predicted molar refractivity (Wildman–Crippen MR) is 531 cm³/mol. The summed E-state index contributed by atoms with van der Waals surface area (Å²) in [6, 6.07) is 48.6. The number of carbonyl (C=O) groups is 5. The predicted octanol–water partition coefficient (Wildman–Crippen LogP) is 19.6. The monoisotopic (exact) mass is 1800 g/mol. The Hall–Kier alpha value is -15.2. The molecule has 698 valence electrons. The van der Waals surface area contributed by atoms with Gasteiger partial charge in [-0.2, -0.15) is 19.9 Å². The lowest BCUT2D eigenvalue weighted by atomic mass is 9.97. The minimum Gasteiger partial charge on any atom is -0.471 e. The summed E-state index contributed by atoms with van der Waals surface area (Å²) in [5.74, 6) is 1.25. The van der Waals surface area contributed by atoms with Crippen LogP contribution in [0.4, 0.5) is 21.4 Å². The van der Waals surface area contributed by atoms with Crippen molar-refractivity contribution in [1.29, 1.82) is 0 Å². The second-order valence-electron chi connectivity index (χ2n) is 33.8. The number of nitrogens with one attached hydrogen (secondary N) is 4. The highest BCUT2D eigenvalue weighted by atomic mass is 16.5. The van der Waals surface area contributed by atoms with Crippen LogP contribution in [0.2, 0.25) is 0 Å². The van der Waals surface area contributed by atoms with Gasteiger partial charge in [0.05, 0.1) is 66.4 Å². The molecule has 133 heavy (non-hydrogen) atoms. The molecule has 12 aromatic rings. The van der Waals surface area contributed by atoms with Crippen molar-refractivity contribution in [3.8, 4) is 11.6 Å². The van der Waals surface area contributed by atoms with E-state index in [-0.39, 0.29) is 117 Å². The number of esters is 1. The highest BCUT2D eigenvalue weighted by Crippen LogP contribution is 2.30. The molecule has 0 unspecified atom stereocenters. The van der Waals surface area contributed by atoms with Crippen molar-refractivity contribution in [1.82, 2.24) is 93.4 Å². The van der Waals surface area contributed by atoms with Crippen LogP contribution in [0.25, 0.3) is 39.2 Å². The third kappa shape index (κ3) is 29.9. The van der Waals surface area contributed by atoms with Gasteiger partial charge in [-0.25, -0.2) is 49.1 Å². The molecule has 3 aliphatic heterocycles. The average Bonchev–Trinajstić information content (AvgIpc) is 1.69. The van der Waals surface area contributed by atoms with Gasteiger partial charge in [0.25, 0.3) is 0 Å². The van der Waals surface area contributed by atoms with Gasteiger partial charge in [-0.1, -0.05) is 181 Å². The van der Waals surface area contributed by atoms with E-state index in [4.69, 9.17) is 9.47 Å². The number of ketones is 1. The van der Waals surface area contributed by atoms with Gasteiger partial charge in [0.15, 0.2) is 28.4 Å². The molecule has 3 aliphatic rings. The van der Waals surface area contributed by atoms with Crippen LogP contribution in [0.15, 0.2) is 272 Å². The summed E-state index contributed by atoms with van der Waals surface area (Å²) in [4.78, 5) is 129. The first-order valence-electron chi connectivity index (χ1n) is 43.1. The number of benzene rings is 5. The summed E-state index contributed by atoms with van der Waals surface area (Å²) in [6.45, 7) is 52.9. The number of carbonyl (C=O) groups excluding carboxylic acids is 5. The van der Waals surface area contributed by atoms with Gasteiger partial charge in [0.2, 0.25) is 17.7 Å². The van der Waals surface area contributed by atoms with Gasteiger partial charge in [-0.15, -0.1) is 0 Å². The van der Waals surface area contributed by atoms with Crippen LogP contribution in [0.1, 0.15) is 211 Å². The Balaban J connectivity index is 0.000000219. The van der Waals surface area contributed by atoms with Crippen molar-refractivity contribution in [2.45, 2.75) is 201 Å². The normalized spacial score (nSPS) is 12.4. The minimum atomic E-state index is -0.586. The SMILES string of the molecule is C.C.C=C(Cc1ccn(C(C)C)c(=O)n1)c1ccccc1.C=C(Cc1nc(=O)n(C(C)C)cc1C)c1ccccc1.C=C1C=CN(C(C)C)C(=O)N1.C=C1NC(=O)N(C(C)C)C=C1C.C=C1NC=Nc2c1ncn2C(C)C.CC(C)n1cnc2c(CC(=O)c3ccccc3)ncnc21.Cn1cnc2c(OCc3ccc(OC(=O)C(C)(C)C)cc3)nc(NC(=O)Cc3ccccc3)nc21. The number of Topliss-reactive ketones (excluding diaryl/α,β-unsaturated/α-hetero) is 1. The third-order valence-corrected chi connectivity index (χ3v) is 20.3. The summed E-state index contributed by atoms with van der Waals surface area (Å²) in [5.41, 5.74) is 15.3. The summed E-state index contributed by atoms with van der Waals surface area (Å²) < 4.78 is 20.4. The molecule has 4 N–H and O–H groups in total. The van der Waals surface area contributed by atoms with Crippen molar-refractivity contribution < 1.29 is 33.4 Å². The maximum atomic E-state index is 12.5. The Labute approximate surface area is 780 Å². The Morgan fingerprint density at radius 1 is 0.519 bits per heavy atom. The van der Waals surface area contributed by atoms with E-state index < -0.39 is 5.41 Å². The second kappa shape index (κ2) is 49.0. The molecule has 0 spiro atoms. The Kier molecular flexibility index (Phi) is 38.6. The summed E-state index contributed by atoms with van der Waals surface area (Å²) in [5, 5.41) is 11.0. The number of fused-ring (bicyclic) bond motifs is 3. The van der Waals surface area contributed by atoms with E-state index >= 15 is 0 Å². The standard InChI is InChI=1S/C26H27N5O4.C17H20N2O.C16H16N4O.C16H18N2O.C9H12N4.C9H14N2O.C8H12N2O.2CH4/c1-26(2,3)24(33)35-19-12-10-18(11-13-19)15-34-23-21-22(31(4)16-27-21)29-25(30-23)28-20(32)14-17-8-6-5-7-9-17;1-12(2)19-11-14(4)16(18-17(19)20)10-13(3)15-8-6-5-7-9-15;1-11(2)20-10-19-15-13(17-9-18-16(15)20)8-14(21)12-6-4-3-5-7-12;1-12(2)18-10-9-15(17-16(18)19)11-13(3)14-7-5-4-6-8-14;1-6(2)13-5-12-8-7(3)10-4-11-9(8)13;1-6(2)11-5-7(3)8(4)10-9(11)12;1-6(2)10-5-4-7(3)9-8(10)11;;/h5-13,16H,14-15H2,1-4H3,(H,28,29,30,32);5-9,11-12H,3,10H2,1-2,4H3;3-7,9-11H,8H2,1-2H3;4-10,12H,3,11H2,1-2H3;4-6H,3H2,1-2H3,(H,10,11);5-6H,4H2,1-3H3,(H,10,12);4-6H,3H2,1-2H3,(H,9,11);2*1H4. The molecule has 5 aromatic carbocycles. The summed E-state index contributed by atoms with van der Waals surface area (Å²) in [6.07, 6.45) is 19.0. The van der Waals surface area contributed by atoms with Crippen molar-refractivity contribution in [3.63, 3.8) is 0 Å². The van der Waals surface area contributed by atoms with E-state index in [0.29, 0.717) is 64.0 Å². The number of urea groups is 2. The number of nitrogens with zero attached hydrogens (tertiary/aromatic N) is 17. The van der Waals surface area contributed by atoms with Crippen LogP contribution in [0.5, 0.6) is 11.6 Å². The number of aliphatic imine (C=N–C) groups is 1. The summed E-state index contributed by atoms with van der Waals surface area (Å²) in [7, 11) is 1.80. The molecule has 30 nitrogen and oxygen atoms in total. The van der Waals surface area contributed by atoms with Crippen LogP contribution < -0.4 is 42.1 Å². The zero-order valence-electron chi connectivity index (χ0n) is 78.0. The lowest BCUT2D eigenvalue weighted by Gasteiger charge is -2.28. The van der Waals surface area contributed by atoms with E-state index in [9.17, 15) is 33.6 Å². The number of allylic oxidation sites excluding steroid dienone is 4. The number of aryl methyl sites for hydroxylation is 2. The Morgan fingerprint density at radius 2 is 1.07 bits per heavy atom. The molecule has 0 radical (unpaired) electrons. The van der Waals surface area contributed by atoms with Crippen LogP contribution in [0.3, 0.4) is 0 Å². The first-order chi connectivity index (χ1) is 62.2. The third-order valence-electron chi connectivity index (χ3n) is 20.3. The van der Waals surface area contributed by atoms with Gasteiger partial charge < -0.3 is 39.1 Å². The molecule has 0 aliphatic carbocycles. The van der Waals surface area contributed by atoms with E-state index in [1.165, 1.54) is 6.33 Å². The number of rotatable bonds is 22. The number of ether oxygens (including phenoxy) is 2. The van der Waals surface area contributed by atoms with Crippen molar-refractivity contribution in [2.24, 2.45) is 17.5 Å². The number of imidazole rings is 3. The molecular weight excluding hydrogens is 1680 g/mol. The highest BCUT2D eigenvalue weighted by molar-refractivity contribution is 5.99. The smallest absolute Gasteiger partial charge is 0.348 e. The lowest BCUT2D eigenvalue weighted by Crippen LogP contribution is -2.43. The van der Waals surface area contributed by atoms with E-state index in [1.54, 1.807) is 107 Å². The molecule has 0 saturated heterocycles. The summed E-state index contributed by atoms with van der Waals surface area (Å²) >= 11 is 0. The average molecular weight is 1800 g/mol. The maximum Gasteiger partial charge on any atom is 0.348 e. The van der Waals surface area contributed by atoms with Crippen molar-refractivity contribution in [3.05, 3.63) is 335 Å². The fourth-order valence-electron chi connectivity index (χ4n) is 12.7. The molecule has 0 atom stereocenters. The molecule has 0 bridgehead atoms. The first kappa shape index (κ1) is 105. The first-order valence-corrected chi connectivity index (χ1v) is 43.1. The fourth-order valence-corrected chi connectivity index (χ4v) is 12.7. The topological polar surface area (TPSA) is 346 Å². The maximum absolute atomic E-state index is 12.5. The highest BCUT2D eigenvalue weighted by Gasteiger charge is 2.26. The van der Waals surface area contributed by atoms with Gasteiger partial charge in [0.1, 0.15) is 29.9 Å².